The molecule has 1 N–H and O–H groups in total. The molecule has 0 fully saturated rings. The predicted octanol–water partition coefficient (Wildman–Crippen LogP) is 3.28. The van der Waals surface area contributed by atoms with E-state index in [9.17, 15) is 0 Å². The highest BCUT2D eigenvalue weighted by atomic mass is 32.1. The maximum absolute atomic E-state index is 5.62. The average molecular weight is 261 g/mol. The van der Waals surface area contributed by atoms with Gasteiger partial charge in [0.25, 0.3) is 0 Å². The zero-order valence-corrected chi connectivity index (χ0v) is 11.3. The van der Waals surface area contributed by atoms with Crippen molar-refractivity contribution in [2.75, 3.05) is 0 Å². The Morgan fingerprint density at radius 3 is 3.00 bits per heavy atom. The molecule has 0 amide bonds. The number of nitrogens with one attached hydrogen (secondary N) is 1. The molecule has 2 aromatic rings. The highest BCUT2D eigenvalue weighted by Gasteiger charge is 2.09. The minimum atomic E-state index is 0.567. The molecular formula is C13H15N3OS. The summed E-state index contributed by atoms with van der Waals surface area (Å²) >= 11 is 5.06. The van der Waals surface area contributed by atoms with E-state index in [1.165, 1.54) is 0 Å². The van der Waals surface area contributed by atoms with Crippen molar-refractivity contribution in [1.82, 2.24) is 14.8 Å². The van der Waals surface area contributed by atoms with Gasteiger partial charge in [0, 0.05) is 13.5 Å². The number of H-pyrrole nitrogens is 1. The van der Waals surface area contributed by atoms with Gasteiger partial charge in [-0.25, -0.2) is 0 Å². The van der Waals surface area contributed by atoms with E-state index in [0.717, 1.165) is 19.3 Å². The van der Waals surface area contributed by atoms with Gasteiger partial charge in [-0.05, 0) is 36.7 Å². The van der Waals surface area contributed by atoms with E-state index in [1.54, 1.807) is 4.57 Å². The van der Waals surface area contributed by atoms with Crippen LogP contribution in [0.15, 0.2) is 16.5 Å². The summed E-state index contributed by atoms with van der Waals surface area (Å²) in [5.41, 5.74) is 0. The molecule has 2 rings (SSSR count). The minimum absolute atomic E-state index is 0.567. The van der Waals surface area contributed by atoms with Crippen LogP contribution < -0.4 is 0 Å². The van der Waals surface area contributed by atoms with Crippen molar-refractivity contribution in [3.8, 4) is 23.4 Å². The van der Waals surface area contributed by atoms with Gasteiger partial charge in [-0.2, -0.15) is 5.10 Å². The van der Waals surface area contributed by atoms with E-state index < -0.39 is 0 Å². The van der Waals surface area contributed by atoms with Crippen LogP contribution in [0, 0.1) is 16.6 Å². The molecule has 0 saturated carbocycles. The van der Waals surface area contributed by atoms with Crippen molar-refractivity contribution >= 4 is 12.2 Å². The topological polar surface area (TPSA) is 46.8 Å². The van der Waals surface area contributed by atoms with E-state index in [-0.39, 0.29) is 0 Å². The van der Waals surface area contributed by atoms with Crippen LogP contribution in [-0.4, -0.2) is 14.8 Å². The number of rotatable bonds is 3. The van der Waals surface area contributed by atoms with Gasteiger partial charge in [-0.15, -0.1) is 0 Å². The molecule has 0 radical (unpaired) electrons. The van der Waals surface area contributed by atoms with Crippen molar-refractivity contribution in [1.29, 1.82) is 0 Å². The van der Waals surface area contributed by atoms with Crippen molar-refractivity contribution in [2.45, 2.75) is 26.2 Å². The van der Waals surface area contributed by atoms with E-state index in [1.807, 2.05) is 19.2 Å². The number of nitrogens with zero attached hydrogens (tertiary/aromatic N) is 2. The zero-order valence-electron chi connectivity index (χ0n) is 10.5. The molecule has 94 valence electrons. The molecular weight excluding hydrogens is 246 g/mol. The fraction of sp³-hybridized carbons (Fsp3) is 0.385. The number of aromatic amines is 1. The molecule has 0 saturated heterocycles. The lowest BCUT2D eigenvalue weighted by Gasteiger charge is -1.94. The maximum atomic E-state index is 5.62. The summed E-state index contributed by atoms with van der Waals surface area (Å²) in [7, 11) is 1.84. The Labute approximate surface area is 111 Å². The van der Waals surface area contributed by atoms with Gasteiger partial charge >= 0.3 is 0 Å². The van der Waals surface area contributed by atoms with Gasteiger partial charge in [-0.3, -0.25) is 5.10 Å². The number of aromatic nitrogens is 3. The fourth-order valence-electron chi connectivity index (χ4n) is 1.51. The number of furan rings is 1. The summed E-state index contributed by atoms with van der Waals surface area (Å²) in [6.45, 7) is 2.15. The Hall–Kier alpha value is -1.80. The minimum Gasteiger partial charge on any atom is -0.444 e. The molecule has 0 bridgehead atoms. The molecule has 5 heteroatoms. The highest BCUT2D eigenvalue weighted by Crippen LogP contribution is 2.19. The zero-order chi connectivity index (χ0) is 13.0. The smallest absolute Gasteiger partial charge is 0.198 e. The maximum Gasteiger partial charge on any atom is 0.198 e. The summed E-state index contributed by atoms with van der Waals surface area (Å²) in [6.07, 6.45) is 3.18. The normalized spacial score (nSPS) is 10.1. The van der Waals surface area contributed by atoms with Gasteiger partial charge in [0.2, 0.25) is 0 Å². The van der Waals surface area contributed by atoms with Crippen molar-refractivity contribution in [3.63, 3.8) is 0 Å². The molecule has 18 heavy (non-hydrogen) atoms. The van der Waals surface area contributed by atoms with Crippen LogP contribution in [0.25, 0.3) is 11.6 Å². The Bertz CT molecular complexity index is 639. The van der Waals surface area contributed by atoms with Gasteiger partial charge in [0.15, 0.2) is 22.1 Å². The van der Waals surface area contributed by atoms with Crippen LogP contribution in [0.4, 0.5) is 0 Å². The molecule has 0 spiro atoms. The Kier molecular flexibility index (Phi) is 4.00. The second-order valence-corrected chi connectivity index (χ2v) is 4.37. The standard InChI is InChI=1S/C13H15N3OS/c1-3-4-5-6-7-10-8-9-11(17-10)12-14-15-13(18)16(12)2/h8-9H,3-5H2,1-2H3,(H,15,18). The van der Waals surface area contributed by atoms with Crippen LogP contribution in [0.2, 0.25) is 0 Å². The van der Waals surface area contributed by atoms with E-state index >= 15 is 0 Å². The first-order chi connectivity index (χ1) is 8.72. The lowest BCUT2D eigenvalue weighted by molar-refractivity contribution is 0.561. The summed E-state index contributed by atoms with van der Waals surface area (Å²) in [5, 5.41) is 6.84. The molecule has 0 atom stereocenters. The largest absolute Gasteiger partial charge is 0.444 e. The number of hydrogen-bond acceptors (Lipinski definition) is 3. The average Bonchev–Trinajstić information content (AvgIpc) is 2.94. The molecule has 2 aromatic heterocycles. The van der Waals surface area contributed by atoms with Crippen LogP contribution in [0.1, 0.15) is 31.9 Å². The van der Waals surface area contributed by atoms with E-state index in [0.29, 0.717) is 22.1 Å². The Morgan fingerprint density at radius 2 is 2.33 bits per heavy atom. The number of unbranched alkanes of at least 4 members (excludes halogenated alkanes) is 2. The lowest BCUT2D eigenvalue weighted by atomic mass is 10.2. The molecule has 0 unspecified atom stereocenters. The molecule has 2 heterocycles. The Balaban J connectivity index is 2.17. The number of hydrogen-bond donors (Lipinski definition) is 1. The predicted molar refractivity (Wildman–Crippen MR) is 72.5 cm³/mol. The van der Waals surface area contributed by atoms with Crippen molar-refractivity contribution in [3.05, 3.63) is 22.7 Å². The highest BCUT2D eigenvalue weighted by molar-refractivity contribution is 7.71. The second kappa shape index (κ2) is 5.69. The summed E-state index contributed by atoms with van der Waals surface area (Å²) in [6, 6.07) is 3.71. The first-order valence-electron chi connectivity index (χ1n) is 5.93. The molecule has 0 aliphatic heterocycles. The van der Waals surface area contributed by atoms with Crippen LogP contribution in [-0.2, 0) is 7.05 Å². The lowest BCUT2D eigenvalue weighted by Crippen LogP contribution is -1.90. The third-order valence-corrected chi connectivity index (χ3v) is 2.94. The van der Waals surface area contributed by atoms with Gasteiger partial charge < -0.3 is 8.98 Å². The third-order valence-electron chi connectivity index (χ3n) is 2.57. The van der Waals surface area contributed by atoms with Crippen molar-refractivity contribution in [2.24, 2.45) is 7.05 Å². The fourth-order valence-corrected chi connectivity index (χ4v) is 1.64. The summed E-state index contributed by atoms with van der Waals surface area (Å²) in [5.74, 6) is 8.11. The van der Waals surface area contributed by atoms with Gasteiger partial charge in [-0.1, -0.05) is 19.3 Å². The molecule has 0 aliphatic carbocycles. The summed E-state index contributed by atoms with van der Waals surface area (Å²) < 4.78 is 7.95. The van der Waals surface area contributed by atoms with Crippen LogP contribution in [0.3, 0.4) is 0 Å². The van der Waals surface area contributed by atoms with Gasteiger partial charge in [0.1, 0.15) is 0 Å². The third kappa shape index (κ3) is 2.71. The van der Waals surface area contributed by atoms with Gasteiger partial charge in [0.05, 0.1) is 0 Å². The first-order valence-corrected chi connectivity index (χ1v) is 6.33. The van der Waals surface area contributed by atoms with Crippen LogP contribution >= 0.6 is 12.2 Å². The quantitative estimate of drug-likeness (QED) is 0.524. The van der Waals surface area contributed by atoms with Crippen LogP contribution in [0.5, 0.6) is 0 Å². The van der Waals surface area contributed by atoms with Crippen molar-refractivity contribution < 1.29 is 4.42 Å². The monoisotopic (exact) mass is 261 g/mol. The summed E-state index contributed by atoms with van der Waals surface area (Å²) in [4.78, 5) is 0. The first kappa shape index (κ1) is 12.7. The van der Waals surface area contributed by atoms with E-state index in [4.69, 9.17) is 16.6 Å². The molecule has 0 aliphatic rings. The molecule has 4 nitrogen and oxygen atoms in total. The van der Waals surface area contributed by atoms with E-state index in [2.05, 4.69) is 29.0 Å². The Morgan fingerprint density at radius 1 is 1.50 bits per heavy atom. The SMILES string of the molecule is CCCCC#Cc1ccc(-c2n[nH]c(=S)n2C)o1. The second-order valence-electron chi connectivity index (χ2n) is 3.98. The molecule has 0 aromatic carbocycles.